The van der Waals surface area contributed by atoms with E-state index in [2.05, 4.69) is 0 Å². The van der Waals surface area contributed by atoms with Gasteiger partial charge in [-0.05, 0) is 20.5 Å². The second kappa shape index (κ2) is 7.27. The third-order valence-electron chi connectivity index (χ3n) is 4.51. The number of hydrogen-bond acceptors (Lipinski definition) is 6. The fraction of sp³-hybridized carbons (Fsp3) is 0.929. The van der Waals surface area contributed by atoms with E-state index in [0.717, 1.165) is 6.42 Å². The number of fused-ring (bicyclic) bond motifs is 1. The van der Waals surface area contributed by atoms with Gasteiger partial charge in [-0.2, -0.15) is 4.31 Å². The van der Waals surface area contributed by atoms with Gasteiger partial charge in [0.25, 0.3) is 0 Å². The average molecular weight is 382 g/mol. The topological polar surface area (TPSA) is 95.1 Å². The summed E-state index contributed by atoms with van der Waals surface area (Å²) in [5, 5.41) is 0. The van der Waals surface area contributed by atoms with Gasteiger partial charge in [0, 0.05) is 13.1 Å². The van der Waals surface area contributed by atoms with E-state index in [9.17, 15) is 21.6 Å². The van der Waals surface area contributed by atoms with Crippen LogP contribution in [0.1, 0.15) is 19.8 Å². The van der Waals surface area contributed by atoms with Crippen LogP contribution in [0.4, 0.5) is 0 Å². The molecule has 2 aliphatic heterocycles. The van der Waals surface area contributed by atoms with Crippen LogP contribution in [0.2, 0.25) is 0 Å². The van der Waals surface area contributed by atoms with E-state index in [1.165, 1.54) is 4.31 Å². The summed E-state index contributed by atoms with van der Waals surface area (Å²) < 4.78 is 50.7. The van der Waals surface area contributed by atoms with Gasteiger partial charge in [-0.3, -0.25) is 4.79 Å². The molecular formula is C14H27N3O5S2. The van der Waals surface area contributed by atoms with Crippen molar-refractivity contribution in [1.82, 2.24) is 14.1 Å². The van der Waals surface area contributed by atoms with Crippen LogP contribution in [0.25, 0.3) is 0 Å². The van der Waals surface area contributed by atoms with Crippen LogP contribution < -0.4 is 0 Å². The molecule has 24 heavy (non-hydrogen) atoms. The van der Waals surface area contributed by atoms with E-state index >= 15 is 0 Å². The Kier molecular flexibility index (Phi) is 5.94. The molecule has 0 saturated carbocycles. The van der Waals surface area contributed by atoms with E-state index in [4.69, 9.17) is 0 Å². The normalized spacial score (nSPS) is 27.4. The van der Waals surface area contributed by atoms with Crippen LogP contribution in [0.15, 0.2) is 0 Å². The number of amides is 1. The maximum absolute atomic E-state index is 12.6. The number of likely N-dealkylation sites (N-methyl/N-ethyl adjacent to an activating group) is 1. The van der Waals surface area contributed by atoms with Gasteiger partial charge in [-0.15, -0.1) is 0 Å². The highest BCUT2D eigenvalue weighted by molar-refractivity contribution is 7.92. The summed E-state index contributed by atoms with van der Waals surface area (Å²) in [6.07, 6.45) is 1.30. The van der Waals surface area contributed by atoms with Gasteiger partial charge in [0.2, 0.25) is 15.9 Å². The van der Waals surface area contributed by atoms with Crippen molar-refractivity contribution in [3.05, 3.63) is 0 Å². The lowest BCUT2D eigenvalue weighted by atomic mass is 10.1. The molecule has 2 heterocycles. The number of sulfone groups is 1. The lowest BCUT2D eigenvalue weighted by Crippen LogP contribution is -2.63. The van der Waals surface area contributed by atoms with Crippen LogP contribution in [-0.4, -0.2) is 99.9 Å². The zero-order valence-corrected chi connectivity index (χ0v) is 16.1. The van der Waals surface area contributed by atoms with Crippen molar-refractivity contribution in [2.24, 2.45) is 0 Å². The highest BCUT2D eigenvalue weighted by Gasteiger charge is 2.50. The summed E-state index contributed by atoms with van der Waals surface area (Å²) in [7, 11) is -3.31. The van der Waals surface area contributed by atoms with Crippen LogP contribution in [0.3, 0.4) is 0 Å². The SMILES string of the molecule is CCCCS(=O)(=O)N1CCN(C(=O)CN(C)C)[C@H]2CS(=O)(=O)C[C@H]21. The molecule has 1 amide bonds. The van der Waals surface area contributed by atoms with E-state index in [0.29, 0.717) is 6.42 Å². The van der Waals surface area contributed by atoms with E-state index < -0.39 is 31.9 Å². The van der Waals surface area contributed by atoms with Crippen molar-refractivity contribution >= 4 is 25.8 Å². The molecule has 0 radical (unpaired) electrons. The molecule has 2 saturated heterocycles. The minimum absolute atomic E-state index is 0.0262. The molecule has 2 aliphatic rings. The minimum atomic E-state index is -3.50. The number of piperazine rings is 1. The molecule has 0 N–H and O–H groups in total. The van der Waals surface area contributed by atoms with E-state index in [-0.39, 0.29) is 42.8 Å². The van der Waals surface area contributed by atoms with Gasteiger partial charge in [0.1, 0.15) is 0 Å². The Morgan fingerprint density at radius 3 is 2.38 bits per heavy atom. The summed E-state index contributed by atoms with van der Waals surface area (Å²) in [5.74, 6) is -0.484. The van der Waals surface area contributed by atoms with Gasteiger partial charge < -0.3 is 9.80 Å². The van der Waals surface area contributed by atoms with Gasteiger partial charge >= 0.3 is 0 Å². The number of sulfonamides is 1. The lowest BCUT2D eigenvalue weighted by Gasteiger charge is -2.43. The molecule has 0 bridgehead atoms. The first-order valence-corrected chi connectivity index (χ1v) is 11.6. The summed E-state index contributed by atoms with van der Waals surface area (Å²) in [6.45, 7) is 2.51. The zero-order chi connectivity index (χ0) is 18.1. The van der Waals surface area contributed by atoms with Gasteiger partial charge in [-0.25, -0.2) is 16.8 Å². The fourth-order valence-corrected chi connectivity index (χ4v) is 7.33. The molecule has 0 aromatic carbocycles. The van der Waals surface area contributed by atoms with Crippen LogP contribution in [0.5, 0.6) is 0 Å². The molecule has 0 aliphatic carbocycles. The molecule has 2 fully saturated rings. The van der Waals surface area contributed by atoms with Crippen LogP contribution in [0, 0.1) is 0 Å². The van der Waals surface area contributed by atoms with Crippen LogP contribution in [-0.2, 0) is 24.7 Å². The molecule has 8 nitrogen and oxygen atoms in total. The number of unbranched alkanes of at least 4 members (excludes halogenated alkanes) is 1. The number of rotatable bonds is 6. The van der Waals surface area contributed by atoms with Crippen molar-refractivity contribution in [2.45, 2.75) is 31.8 Å². The first kappa shape index (κ1) is 19.6. The fourth-order valence-electron chi connectivity index (χ4n) is 3.38. The highest BCUT2D eigenvalue weighted by atomic mass is 32.2. The summed E-state index contributed by atoms with van der Waals surface area (Å²) in [5.41, 5.74) is 0. The largest absolute Gasteiger partial charge is 0.335 e. The number of nitrogens with zero attached hydrogens (tertiary/aromatic N) is 3. The monoisotopic (exact) mass is 381 g/mol. The maximum Gasteiger partial charge on any atom is 0.237 e. The Bertz CT molecular complexity index is 675. The van der Waals surface area contributed by atoms with Gasteiger partial charge in [-0.1, -0.05) is 13.3 Å². The molecule has 2 atom stereocenters. The number of carbonyl (C=O) groups is 1. The van der Waals surface area contributed by atoms with E-state index in [1.807, 2.05) is 6.92 Å². The minimum Gasteiger partial charge on any atom is -0.335 e. The third kappa shape index (κ3) is 4.27. The highest BCUT2D eigenvalue weighted by Crippen LogP contribution is 2.29. The molecular weight excluding hydrogens is 354 g/mol. The van der Waals surface area contributed by atoms with Gasteiger partial charge in [0.05, 0.1) is 35.9 Å². The Labute approximate surface area is 144 Å². The number of hydrogen-bond donors (Lipinski definition) is 0. The molecule has 0 aromatic heterocycles. The Morgan fingerprint density at radius 2 is 1.79 bits per heavy atom. The predicted molar refractivity (Wildman–Crippen MR) is 91.9 cm³/mol. The van der Waals surface area contributed by atoms with Crippen LogP contribution >= 0.6 is 0 Å². The quantitative estimate of drug-likeness (QED) is 0.585. The summed E-state index contributed by atoms with van der Waals surface area (Å²) in [6, 6.07) is -1.23. The Balaban J connectivity index is 2.25. The Morgan fingerprint density at radius 1 is 1.17 bits per heavy atom. The van der Waals surface area contributed by atoms with Crippen molar-refractivity contribution in [2.75, 3.05) is 51.0 Å². The van der Waals surface area contributed by atoms with Crippen molar-refractivity contribution in [3.8, 4) is 0 Å². The smallest absolute Gasteiger partial charge is 0.237 e. The molecule has 0 spiro atoms. The first-order chi connectivity index (χ1) is 11.1. The number of carbonyl (C=O) groups excluding carboxylic acids is 1. The molecule has 0 aromatic rings. The van der Waals surface area contributed by atoms with Crippen molar-refractivity contribution in [3.63, 3.8) is 0 Å². The second-order valence-electron chi connectivity index (χ2n) is 6.82. The standard InChI is InChI=1S/C14H27N3O5S2/c1-4-5-8-24(21,22)17-7-6-16(14(18)9-15(2)3)12-10-23(19,20)11-13(12)17/h12-13H,4-11H2,1-3H3/t12-,13+/m0/s1. The average Bonchev–Trinajstić information content (AvgIpc) is 2.77. The zero-order valence-electron chi connectivity index (χ0n) is 14.5. The molecule has 140 valence electrons. The molecule has 0 unspecified atom stereocenters. The molecule has 10 heteroatoms. The van der Waals surface area contributed by atoms with Crippen molar-refractivity contribution in [1.29, 1.82) is 0 Å². The summed E-state index contributed by atoms with van der Waals surface area (Å²) in [4.78, 5) is 15.7. The molecule has 2 rings (SSSR count). The van der Waals surface area contributed by atoms with Gasteiger partial charge in [0.15, 0.2) is 9.84 Å². The predicted octanol–water partition coefficient (Wildman–Crippen LogP) is -1.01. The Hall–Kier alpha value is -0.710. The maximum atomic E-state index is 12.6. The van der Waals surface area contributed by atoms with E-state index in [1.54, 1.807) is 23.9 Å². The first-order valence-electron chi connectivity index (χ1n) is 8.21. The van der Waals surface area contributed by atoms with Crippen molar-refractivity contribution < 1.29 is 21.6 Å². The lowest BCUT2D eigenvalue weighted by molar-refractivity contribution is -0.136. The second-order valence-corrected chi connectivity index (χ2v) is 11.0. The summed E-state index contributed by atoms with van der Waals surface area (Å²) >= 11 is 0. The third-order valence-corrected chi connectivity index (χ3v) is 8.18.